The molecule has 1 saturated carbocycles. The molecule has 0 radical (unpaired) electrons. The molecule has 0 saturated heterocycles. The average Bonchev–Trinajstić information content (AvgIpc) is 2.68. The molecule has 2 nitrogen and oxygen atoms in total. The van der Waals surface area contributed by atoms with E-state index in [2.05, 4.69) is 80.6 Å². The molecule has 0 spiro atoms. The highest BCUT2D eigenvalue weighted by Crippen LogP contribution is 2.37. The van der Waals surface area contributed by atoms with Gasteiger partial charge in [-0.2, -0.15) is 0 Å². The van der Waals surface area contributed by atoms with Gasteiger partial charge in [-0.3, -0.25) is 0 Å². The van der Waals surface area contributed by atoms with E-state index in [-0.39, 0.29) is 12.2 Å². The summed E-state index contributed by atoms with van der Waals surface area (Å²) in [4.78, 5) is 0. The second-order valence-electron chi connectivity index (χ2n) is 8.63. The summed E-state index contributed by atoms with van der Waals surface area (Å²) in [5, 5.41) is 0. The van der Waals surface area contributed by atoms with Gasteiger partial charge in [0.2, 0.25) is 0 Å². The van der Waals surface area contributed by atoms with Crippen LogP contribution in [0.2, 0.25) is 0 Å². The molecule has 0 aromatic heterocycles. The number of rotatable bonds is 5. The quantitative estimate of drug-likeness (QED) is 0.558. The fourth-order valence-electron chi connectivity index (χ4n) is 4.74. The van der Waals surface area contributed by atoms with Gasteiger partial charge in [-0.25, -0.2) is 0 Å². The number of allylic oxidation sites excluding steroid dienone is 1. The standard InChI is InChI=1S/C26H32O2/c1-19-8-6-12-23(14-19)27-25-16-22(21-10-4-3-5-11-21)17-26(18-25)28-24-13-7-9-20(2)15-24/h3-12,14,20,22,24-26H,13,15-18H2,1-2H3. The largest absolute Gasteiger partial charge is 0.490 e. The molecule has 1 fully saturated rings. The van der Waals surface area contributed by atoms with Crippen LogP contribution in [0.3, 0.4) is 0 Å². The van der Waals surface area contributed by atoms with Gasteiger partial charge in [0, 0.05) is 6.42 Å². The van der Waals surface area contributed by atoms with Gasteiger partial charge in [0.05, 0.1) is 12.2 Å². The van der Waals surface area contributed by atoms with Gasteiger partial charge >= 0.3 is 0 Å². The van der Waals surface area contributed by atoms with Gasteiger partial charge < -0.3 is 9.47 Å². The van der Waals surface area contributed by atoms with Crippen molar-refractivity contribution in [1.82, 2.24) is 0 Å². The zero-order valence-electron chi connectivity index (χ0n) is 17.1. The van der Waals surface area contributed by atoms with Crippen molar-refractivity contribution < 1.29 is 9.47 Å². The number of benzene rings is 2. The zero-order valence-corrected chi connectivity index (χ0v) is 17.1. The van der Waals surface area contributed by atoms with Crippen LogP contribution in [0.4, 0.5) is 0 Å². The molecule has 0 N–H and O–H groups in total. The Bertz CT molecular complexity index is 782. The topological polar surface area (TPSA) is 18.5 Å². The highest BCUT2D eigenvalue weighted by Gasteiger charge is 2.33. The summed E-state index contributed by atoms with van der Waals surface area (Å²) in [5.41, 5.74) is 2.65. The van der Waals surface area contributed by atoms with E-state index in [0.29, 0.717) is 17.9 Å². The highest BCUT2D eigenvalue weighted by molar-refractivity contribution is 5.28. The van der Waals surface area contributed by atoms with Crippen LogP contribution in [-0.4, -0.2) is 18.3 Å². The molecule has 5 unspecified atom stereocenters. The third kappa shape index (κ3) is 5.05. The Kier molecular flexibility index (Phi) is 6.17. The smallest absolute Gasteiger partial charge is 0.119 e. The maximum atomic E-state index is 6.61. The first kappa shape index (κ1) is 19.3. The highest BCUT2D eigenvalue weighted by atomic mass is 16.5. The van der Waals surface area contributed by atoms with Gasteiger partial charge in [-0.15, -0.1) is 0 Å². The summed E-state index contributed by atoms with van der Waals surface area (Å²) in [5.74, 6) is 2.09. The van der Waals surface area contributed by atoms with Crippen LogP contribution >= 0.6 is 0 Å². The fraction of sp³-hybridized carbons (Fsp3) is 0.462. The maximum absolute atomic E-state index is 6.61. The molecule has 148 valence electrons. The molecule has 4 rings (SSSR count). The molecule has 2 aliphatic carbocycles. The third-order valence-electron chi connectivity index (χ3n) is 6.07. The summed E-state index contributed by atoms with van der Waals surface area (Å²) in [6, 6.07) is 19.3. The Morgan fingerprint density at radius 1 is 0.821 bits per heavy atom. The van der Waals surface area contributed by atoms with Crippen LogP contribution in [0.25, 0.3) is 0 Å². The number of aryl methyl sites for hydroxylation is 1. The van der Waals surface area contributed by atoms with Crippen molar-refractivity contribution in [2.75, 3.05) is 0 Å². The van der Waals surface area contributed by atoms with Crippen molar-refractivity contribution >= 4 is 0 Å². The van der Waals surface area contributed by atoms with Crippen LogP contribution in [0.15, 0.2) is 66.7 Å². The van der Waals surface area contributed by atoms with Crippen molar-refractivity contribution in [1.29, 1.82) is 0 Å². The average molecular weight is 377 g/mol. The lowest BCUT2D eigenvalue weighted by Gasteiger charge is -2.37. The Labute approximate surface area is 169 Å². The first-order chi connectivity index (χ1) is 13.7. The van der Waals surface area contributed by atoms with Crippen LogP contribution in [0.5, 0.6) is 5.75 Å². The Morgan fingerprint density at radius 3 is 2.43 bits per heavy atom. The van der Waals surface area contributed by atoms with E-state index < -0.39 is 0 Å². The van der Waals surface area contributed by atoms with E-state index in [1.54, 1.807) is 0 Å². The predicted molar refractivity (Wildman–Crippen MR) is 115 cm³/mol. The van der Waals surface area contributed by atoms with E-state index >= 15 is 0 Å². The van der Waals surface area contributed by atoms with Crippen molar-refractivity contribution in [2.45, 2.75) is 70.2 Å². The molecule has 2 aliphatic rings. The molecule has 0 amide bonds. The molecule has 2 aromatic carbocycles. The Morgan fingerprint density at radius 2 is 1.64 bits per heavy atom. The first-order valence-electron chi connectivity index (χ1n) is 10.8. The molecule has 0 heterocycles. The molecule has 2 aromatic rings. The monoisotopic (exact) mass is 376 g/mol. The molecule has 28 heavy (non-hydrogen) atoms. The van der Waals surface area contributed by atoms with Gasteiger partial charge in [0.25, 0.3) is 0 Å². The number of hydrogen-bond acceptors (Lipinski definition) is 2. The summed E-state index contributed by atoms with van der Waals surface area (Å²) < 4.78 is 13.0. The van der Waals surface area contributed by atoms with Gasteiger partial charge in [0.1, 0.15) is 11.9 Å². The molecule has 2 heteroatoms. The van der Waals surface area contributed by atoms with Crippen LogP contribution in [-0.2, 0) is 4.74 Å². The minimum Gasteiger partial charge on any atom is -0.490 e. The number of hydrogen-bond donors (Lipinski definition) is 0. The molecule has 0 aliphatic heterocycles. The lowest BCUT2D eigenvalue weighted by Crippen LogP contribution is -2.36. The van der Waals surface area contributed by atoms with Crippen molar-refractivity contribution in [3.63, 3.8) is 0 Å². The normalized spacial score (nSPS) is 30.1. The van der Waals surface area contributed by atoms with Crippen LogP contribution in [0, 0.1) is 12.8 Å². The van der Waals surface area contributed by atoms with Gasteiger partial charge in [0.15, 0.2) is 0 Å². The molecular formula is C26H32O2. The predicted octanol–water partition coefficient (Wildman–Crippen LogP) is 6.45. The summed E-state index contributed by atoms with van der Waals surface area (Å²) in [6.07, 6.45) is 10.7. The fourth-order valence-corrected chi connectivity index (χ4v) is 4.74. The summed E-state index contributed by atoms with van der Waals surface area (Å²) >= 11 is 0. The zero-order chi connectivity index (χ0) is 19.3. The molecular weight excluding hydrogens is 344 g/mol. The lowest BCUT2D eigenvalue weighted by atomic mass is 9.80. The van der Waals surface area contributed by atoms with Crippen molar-refractivity contribution in [3.05, 3.63) is 77.9 Å². The lowest BCUT2D eigenvalue weighted by molar-refractivity contribution is -0.0627. The summed E-state index contributed by atoms with van der Waals surface area (Å²) in [7, 11) is 0. The van der Waals surface area contributed by atoms with E-state index in [0.717, 1.165) is 37.9 Å². The minimum atomic E-state index is 0.197. The molecule has 0 bridgehead atoms. The number of ether oxygens (including phenoxy) is 2. The van der Waals surface area contributed by atoms with E-state index in [1.165, 1.54) is 11.1 Å². The minimum absolute atomic E-state index is 0.197. The van der Waals surface area contributed by atoms with E-state index in [1.807, 2.05) is 0 Å². The maximum Gasteiger partial charge on any atom is 0.119 e. The van der Waals surface area contributed by atoms with Crippen molar-refractivity contribution in [2.24, 2.45) is 5.92 Å². The Balaban J connectivity index is 1.48. The van der Waals surface area contributed by atoms with Crippen LogP contribution < -0.4 is 4.74 Å². The Hall–Kier alpha value is -2.06. The molecule has 5 atom stereocenters. The van der Waals surface area contributed by atoms with Crippen molar-refractivity contribution in [3.8, 4) is 5.75 Å². The van der Waals surface area contributed by atoms with Gasteiger partial charge in [-0.1, -0.05) is 61.5 Å². The second-order valence-corrected chi connectivity index (χ2v) is 8.63. The second kappa shape index (κ2) is 8.96. The van der Waals surface area contributed by atoms with Crippen LogP contribution in [0.1, 0.15) is 56.1 Å². The van der Waals surface area contributed by atoms with E-state index in [4.69, 9.17) is 9.47 Å². The van der Waals surface area contributed by atoms with Gasteiger partial charge in [-0.05, 0) is 67.7 Å². The summed E-state index contributed by atoms with van der Waals surface area (Å²) in [6.45, 7) is 4.40. The SMILES string of the molecule is Cc1cccc(OC2CC(OC3CC=CC(C)C3)CC(c3ccccc3)C2)c1. The third-order valence-corrected chi connectivity index (χ3v) is 6.07. The van der Waals surface area contributed by atoms with E-state index in [9.17, 15) is 0 Å². The first-order valence-corrected chi connectivity index (χ1v) is 10.8.